The van der Waals surface area contributed by atoms with Crippen LogP contribution in [0.5, 0.6) is 0 Å². The van der Waals surface area contributed by atoms with Gasteiger partial charge < -0.3 is 10.6 Å². The number of aromatic nitrogens is 1. The highest BCUT2D eigenvalue weighted by Crippen LogP contribution is 2.36. The SMILES string of the molecule is Nc1ccc(-c2ccc(C(=O)N3CCC(F)(F)CC3)cn2)cc1C(F)(F)F. The van der Waals surface area contributed by atoms with E-state index in [-0.39, 0.29) is 35.6 Å². The van der Waals surface area contributed by atoms with Crippen molar-refractivity contribution in [3.8, 4) is 11.3 Å². The molecule has 4 nitrogen and oxygen atoms in total. The summed E-state index contributed by atoms with van der Waals surface area (Å²) in [6.07, 6.45) is -4.15. The minimum Gasteiger partial charge on any atom is -0.398 e. The quantitative estimate of drug-likeness (QED) is 0.622. The van der Waals surface area contributed by atoms with Crippen LogP contribution in [0.15, 0.2) is 36.5 Å². The predicted molar refractivity (Wildman–Crippen MR) is 89.2 cm³/mol. The zero-order valence-corrected chi connectivity index (χ0v) is 14.1. The number of hydrogen-bond donors (Lipinski definition) is 1. The molecule has 0 aliphatic carbocycles. The standard InChI is InChI=1S/C18H16F5N3O/c19-17(20)5-7-26(8-6-17)16(27)12-2-4-15(25-10-12)11-1-3-14(24)13(9-11)18(21,22)23/h1-4,9-10H,5-8,24H2. The number of nitrogen functional groups attached to an aromatic ring is 1. The molecule has 1 aromatic heterocycles. The molecule has 2 N–H and O–H groups in total. The van der Waals surface area contributed by atoms with Crippen molar-refractivity contribution in [3.63, 3.8) is 0 Å². The molecule has 0 saturated carbocycles. The Labute approximate surface area is 151 Å². The summed E-state index contributed by atoms with van der Waals surface area (Å²) >= 11 is 0. The summed E-state index contributed by atoms with van der Waals surface area (Å²) in [5, 5.41) is 0. The van der Waals surface area contributed by atoms with E-state index in [1.807, 2.05) is 0 Å². The van der Waals surface area contributed by atoms with Crippen LogP contribution in [0, 0.1) is 0 Å². The van der Waals surface area contributed by atoms with Gasteiger partial charge >= 0.3 is 6.18 Å². The monoisotopic (exact) mass is 385 g/mol. The first-order valence-corrected chi connectivity index (χ1v) is 8.17. The second-order valence-corrected chi connectivity index (χ2v) is 6.38. The minimum absolute atomic E-state index is 0.0551. The van der Waals surface area contributed by atoms with Crippen molar-refractivity contribution in [1.29, 1.82) is 0 Å². The number of likely N-dealkylation sites (tertiary alicyclic amines) is 1. The zero-order valence-electron chi connectivity index (χ0n) is 14.1. The van der Waals surface area contributed by atoms with Crippen molar-refractivity contribution >= 4 is 11.6 Å². The van der Waals surface area contributed by atoms with E-state index in [9.17, 15) is 26.7 Å². The van der Waals surface area contributed by atoms with E-state index in [1.165, 1.54) is 29.3 Å². The van der Waals surface area contributed by atoms with Crippen molar-refractivity contribution < 1.29 is 26.7 Å². The molecule has 1 aliphatic rings. The van der Waals surface area contributed by atoms with Crippen molar-refractivity contribution in [2.75, 3.05) is 18.8 Å². The van der Waals surface area contributed by atoms with E-state index in [1.54, 1.807) is 0 Å². The Kier molecular flexibility index (Phi) is 4.79. The van der Waals surface area contributed by atoms with Gasteiger partial charge in [0, 0.05) is 43.4 Å². The maximum Gasteiger partial charge on any atom is 0.418 e. The van der Waals surface area contributed by atoms with E-state index in [0.717, 1.165) is 12.1 Å². The topological polar surface area (TPSA) is 59.2 Å². The normalized spacial score (nSPS) is 17.0. The number of carbonyl (C=O) groups is 1. The lowest BCUT2D eigenvalue weighted by Crippen LogP contribution is -2.42. The molecule has 0 bridgehead atoms. The van der Waals surface area contributed by atoms with Crippen molar-refractivity contribution in [2.24, 2.45) is 0 Å². The van der Waals surface area contributed by atoms with Crippen LogP contribution in [0.25, 0.3) is 11.3 Å². The maximum atomic E-state index is 13.2. The molecule has 9 heteroatoms. The zero-order chi connectivity index (χ0) is 19.8. The highest BCUT2D eigenvalue weighted by Gasteiger charge is 2.36. The fraction of sp³-hybridized carbons (Fsp3) is 0.333. The number of alkyl halides is 5. The lowest BCUT2D eigenvalue weighted by Gasteiger charge is -2.31. The molecule has 2 heterocycles. The van der Waals surface area contributed by atoms with Gasteiger partial charge in [-0.05, 0) is 24.3 Å². The molecule has 1 fully saturated rings. The molecule has 0 radical (unpaired) electrons. The summed E-state index contributed by atoms with van der Waals surface area (Å²) in [4.78, 5) is 17.7. The van der Waals surface area contributed by atoms with Gasteiger partial charge in [0.15, 0.2) is 0 Å². The molecule has 1 saturated heterocycles. The second kappa shape index (κ2) is 6.79. The molecule has 1 amide bonds. The Bertz CT molecular complexity index is 839. The van der Waals surface area contributed by atoms with Gasteiger partial charge in [-0.1, -0.05) is 6.07 Å². The summed E-state index contributed by atoms with van der Waals surface area (Å²) in [5.74, 6) is -3.19. The Morgan fingerprint density at radius 1 is 1.11 bits per heavy atom. The van der Waals surface area contributed by atoms with Gasteiger partial charge in [-0.25, -0.2) is 8.78 Å². The average molecular weight is 385 g/mol. The third-order valence-electron chi connectivity index (χ3n) is 4.45. The summed E-state index contributed by atoms with van der Waals surface area (Å²) in [7, 11) is 0. The molecule has 2 aromatic rings. The number of anilines is 1. The number of carbonyl (C=O) groups excluding carboxylic acids is 1. The molecule has 3 rings (SSSR count). The van der Waals surface area contributed by atoms with Gasteiger partial charge in [0.2, 0.25) is 0 Å². The highest BCUT2D eigenvalue weighted by molar-refractivity contribution is 5.94. The molecule has 27 heavy (non-hydrogen) atoms. The highest BCUT2D eigenvalue weighted by atomic mass is 19.4. The van der Waals surface area contributed by atoms with Crippen LogP contribution in [0.4, 0.5) is 27.6 Å². The third-order valence-corrected chi connectivity index (χ3v) is 4.45. The number of pyridine rings is 1. The van der Waals surface area contributed by atoms with Gasteiger partial charge in [0.1, 0.15) is 0 Å². The lowest BCUT2D eigenvalue weighted by atomic mass is 10.0. The molecule has 0 unspecified atom stereocenters. The van der Waals surface area contributed by atoms with E-state index in [4.69, 9.17) is 5.73 Å². The van der Waals surface area contributed by atoms with Crippen molar-refractivity contribution in [2.45, 2.75) is 24.9 Å². The fourth-order valence-corrected chi connectivity index (χ4v) is 2.87. The van der Waals surface area contributed by atoms with Crippen LogP contribution in [0.3, 0.4) is 0 Å². The van der Waals surface area contributed by atoms with Crippen molar-refractivity contribution in [1.82, 2.24) is 9.88 Å². The van der Waals surface area contributed by atoms with Crippen LogP contribution in [0.1, 0.15) is 28.8 Å². The number of piperidine rings is 1. The molecule has 1 aromatic carbocycles. The molecular formula is C18H16F5N3O. The minimum atomic E-state index is -4.59. The lowest BCUT2D eigenvalue weighted by molar-refractivity contribution is -0.136. The van der Waals surface area contributed by atoms with E-state index in [0.29, 0.717) is 0 Å². The summed E-state index contributed by atoms with van der Waals surface area (Å²) in [5.41, 5.74) is 4.65. The van der Waals surface area contributed by atoms with Crippen LogP contribution in [0.2, 0.25) is 0 Å². The van der Waals surface area contributed by atoms with Crippen LogP contribution in [-0.4, -0.2) is 34.8 Å². The smallest absolute Gasteiger partial charge is 0.398 e. The Balaban J connectivity index is 1.79. The molecule has 1 aliphatic heterocycles. The fourth-order valence-electron chi connectivity index (χ4n) is 2.87. The first kappa shape index (κ1) is 19.1. The molecule has 0 spiro atoms. The number of halogens is 5. The number of rotatable bonds is 2. The average Bonchev–Trinajstić information content (AvgIpc) is 2.61. The number of benzene rings is 1. The van der Waals surface area contributed by atoms with Crippen LogP contribution in [-0.2, 0) is 6.18 Å². The number of hydrogen-bond acceptors (Lipinski definition) is 3. The van der Waals surface area contributed by atoms with Gasteiger partial charge in [-0.15, -0.1) is 0 Å². The molecule has 0 atom stereocenters. The first-order valence-electron chi connectivity index (χ1n) is 8.17. The maximum absolute atomic E-state index is 13.2. The van der Waals surface area contributed by atoms with Crippen LogP contribution < -0.4 is 5.73 Å². The number of nitrogens with two attached hydrogens (primary N) is 1. The van der Waals surface area contributed by atoms with Gasteiger partial charge in [0.25, 0.3) is 11.8 Å². The number of amides is 1. The van der Waals surface area contributed by atoms with Gasteiger partial charge in [0.05, 0.1) is 16.8 Å². The Morgan fingerprint density at radius 2 is 1.78 bits per heavy atom. The molecule has 144 valence electrons. The van der Waals surface area contributed by atoms with Gasteiger partial charge in [-0.3, -0.25) is 9.78 Å². The molecular weight excluding hydrogens is 369 g/mol. The van der Waals surface area contributed by atoms with Gasteiger partial charge in [-0.2, -0.15) is 13.2 Å². The second-order valence-electron chi connectivity index (χ2n) is 6.38. The largest absolute Gasteiger partial charge is 0.418 e. The van der Waals surface area contributed by atoms with Crippen LogP contribution >= 0.6 is 0 Å². The van der Waals surface area contributed by atoms with E-state index in [2.05, 4.69) is 4.98 Å². The summed E-state index contributed by atoms with van der Waals surface area (Å²) < 4.78 is 65.3. The van der Waals surface area contributed by atoms with E-state index >= 15 is 0 Å². The third kappa shape index (κ3) is 4.17. The predicted octanol–water partition coefficient (Wildman–Crippen LogP) is 4.22. The Hall–Kier alpha value is -2.71. The summed E-state index contributed by atoms with van der Waals surface area (Å²) in [6.45, 7) is -0.110. The van der Waals surface area contributed by atoms with Crippen molar-refractivity contribution in [3.05, 3.63) is 47.7 Å². The number of nitrogens with zero attached hydrogens (tertiary/aromatic N) is 2. The Morgan fingerprint density at radius 3 is 2.33 bits per heavy atom. The summed E-state index contributed by atoms with van der Waals surface area (Å²) in [6, 6.07) is 6.28. The first-order chi connectivity index (χ1) is 12.6. The van der Waals surface area contributed by atoms with E-state index < -0.39 is 36.4 Å².